The Morgan fingerprint density at radius 2 is 1.06 bits per heavy atom. The van der Waals surface area contributed by atoms with Gasteiger partial charge in [0.1, 0.15) is 23.0 Å². The van der Waals surface area contributed by atoms with E-state index in [2.05, 4.69) is 63.2 Å². The van der Waals surface area contributed by atoms with E-state index in [1.807, 2.05) is 36.4 Å². The summed E-state index contributed by atoms with van der Waals surface area (Å²) >= 11 is 0. The van der Waals surface area contributed by atoms with Gasteiger partial charge in [-0.25, -0.2) is 0 Å². The molecule has 1 aliphatic carbocycles. The molecule has 0 bridgehead atoms. The van der Waals surface area contributed by atoms with E-state index in [-0.39, 0.29) is 0 Å². The second kappa shape index (κ2) is 7.96. The van der Waals surface area contributed by atoms with Gasteiger partial charge in [-0.2, -0.15) is 0 Å². The van der Waals surface area contributed by atoms with Crippen LogP contribution in [0.5, 0.6) is 23.0 Å². The van der Waals surface area contributed by atoms with E-state index < -0.39 is 0 Å². The molecule has 1 aliphatic rings. The van der Waals surface area contributed by atoms with E-state index in [0.29, 0.717) is 0 Å². The maximum absolute atomic E-state index is 6.62. The highest BCUT2D eigenvalue weighted by atomic mass is 16.5. The van der Waals surface area contributed by atoms with Crippen LogP contribution in [-0.4, -0.2) is 0 Å². The molecule has 0 amide bonds. The molecule has 0 fully saturated rings. The first-order valence-electron chi connectivity index (χ1n) is 10.8. The molecule has 0 heterocycles. The van der Waals surface area contributed by atoms with Crippen molar-refractivity contribution < 1.29 is 9.47 Å². The van der Waals surface area contributed by atoms with Gasteiger partial charge in [0.25, 0.3) is 0 Å². The molecular weight excluding hydrogens is 380 g/mol. The van der Waals surface area contributed by atoms with E-state index in [1.165, 1.54) is 16.7 Å². The van der Waals surface area contributed by atoms with Crippen molar-refractivity contribution in [2.45, 2.75) is 33.6 Å². The summed E-state index contributed by atoms with van der Waals surface area (Å²) in [5, 5.41) is 2.17. The summed E-state index contributed by atoms with van der Waals surface area (Å²) < 4.78 is 13.2. The third-order valence-electron chi connectivity index (χ3n) is 6.05. The predicted octanol–water partition coefficient (Wildman–Crippen LogP) is 8.09. The SMILES string of the molecule is CC1=CCc2c(c(Oc3ccccc3C)c3ccccc3c2Oc2ccccc2C)C1. The number of fused-ring (bicyclic) bond motifs is 2. The standard InChI is InChI=1S/C29H26O2/c1-19-16-17-24-25(18-19)29(31-27-15-9-5-11-21(27)3)23-13-7-6-12-22(23)28(24)30-26-14-8-4-10-20(26)2/h4-16H,17-18H2,1-3H3. The Labute approximate surface area is 183 Å². The van der Waals surface area contributed by atoms with Gasteiger partial charge in [-0.3, -0.25) is 0 Å². The number of hydrogen-bond donors (Lipinski definition) is 0. The summed E-state index contributed by atoms with van der Waals surface area (Å²) in [7, 11) is 0. The molecule has 4 aromatic carbocycles. The molecule has 2 heteroatoms. The van der Waals surface area contributed by atoms with Gasteiger partial charge in [0, 0.05) is 21.9 Å². The first kappa shape index (κ1) is 19.4. The molecule has 31 heavy (non-hydrogen) atoms. The largest absolute Gasteiger partial charge is 0.456 e. The lowest BCUT2D eigenvalue weighted by atomic mass is 9.87. The minimum Gasteiger partial charge on any atom is -0.456 e. The van der Waals surface area contributed by atoms with E-state index in [0.717, 1.165) is 57.7 Å². The van der Waals surface area contributed by atoms with Crippen LogP contribution in [0.25, 0.3) is 10.8 Å². The second-order valence-corrected chi connectivity index (χ2v) is 8.33. The van der Waals surface area contributed by atoms with Crippen LogP contribution in [0.1, 0.15) is 29.2 Å². The molecule has 0 saturated heterocycles. The molecule has 0 spiro atoms. The molecule has 0 atom stereocenters. The molecule has 154 valence electrons. The minimum atomic E-state index is 0.845. The van der Waals surface area contributed by atoms with Gasteiger partial charge in [-0.05, 0) is 56.9 Å². The summed E-state index contributed by atoms with van der Waals surface area (Å²) in [6.45, 7) is 6.37. The van der Waals surface area contributed by atoms with Crippen molar-refractivity contribution in [3.8, 4) is 23.0 Å². The molecule has 0 aliphatic heterocycles. The van der Waals surface area contributed by atoms with Crippen molar-refractivity contribution in [3.05, 3.63) is 107 Å². The van der Waals surface area contributed by atoms with Crippen molar-refractivity contribution in [1.82, 2.24) is 0 Å². The number of aryl methyl sites for hydroxylation is 2. The average molecular weight is 407 g/mol. The number of para-hydroxylation sites is 2. The molecule has 4 aromatic rings. The van der Waals surface area contributed by atoms with Gasteiger partial charge in [-0.15, -0.1) is 0 Å². The number of allylic oxidation sites excluding steroid dienone is 2. The zero-order valence-electron chi connectivity index (χ0n) is 18.2. The van der Waals surface area contributed by atoms with E-state index >= 15 is 0 Å². The summed E-state index contributed by atoms with van der Waals surface area (Å²) in [5.74, 6) is 3.69. The molecule has 0 N–H and O–H groups in total. The Bertz CT molecular complexity index is 1310. The molecule has 2 nitrogen and oxygen atoms in total. The summed E-state index contributed by atoms with van der Waals surface area (Å²) in [6, 6.07) is 24.8. The zero-order valence-corrected chi connectivity index (χ0v) is 18.2. The Morgan fingerprint density at radius 1 is 0.581 bits per heavy atom. The minimum absolute atomic E-state index is 0.845. The van der Waals surface area contributed by atoms with E-state index in [4.69, 9.17) is 9.47 Å². The highest BCUT2D eigenvalue weighted by Gasteiger charge is 2.24. The monoisotopic (exact) mass is 406 g/mol. The number of ether oxygens (including phenoxy) is 2. The summed E-state index contributed by atoms with van der Waals surface area (Å²) in [5.41, 5.74) is 6.06. The third-order valence-corrected chi connectivity index (χ3v) is 6.05. The molecule has 0 radical (unpaired) electrons. The maximum Gasteiger partial charge on any atom is 0.139 e. The van der Waals surface area contributed by atoms with Crippen LogP contribution < -0.4 is 9.47 Å². The topological polar surface area (TPSA) is 18.5 Å². The summed E-state index contributed by atoms with van der Waals surface area (Å²) in [4.78, 5) is 0. The highest BCUT2D eigenvalue weighted by Crippen LogP contribution is 2.47. The van der Waals surface area contributed by atoms with Gasteiger partial charge in [0.05, 0.1) is 0 Å². The van der Waals surface area contributed by atoms with Crippen LogP contribution in [0.2, 0.25) is 0 Å². The first-order valence-corrected chi connectivity index (χ1v) is 10.8. The number of rotatable bonds is 4. The van der Waals surface area contributed by atoms with Crippen molar-refractivity contribution in [2.75, 3.05) is 0 Å². The van der Waals surface area contributed by atoms with Crippen molar-refractivity contribution in [3.63, 3.8) is 0 Å². The van der Waals surface area contributed by atoms with Crippen LogP contribution in [0.4, 0.5) is 0 Å². The van der Waals surface area contributed by atoms with Crippen LogP contribution in [0, 0.1) is 13.8 Å². The lowest BCUT2D eigenvalue weighted by Crippen LogP contribution is -2.07. The van der Waals surface area contributed by atoms with Crippen LogP contribution in [0.3, 0.4) is 0 Å². The highest BCUT2D eigenvalue weighted by molar-refractivity contribution is 5.97. The van der Waals surface area contributed by atoms with Gasteiger partial charge in [0.15, 0.2) is 0 Å². The van der Waals surface area contributed by atoms with Crippen LogP contribution in [0.15, 0.2) is 84.4 Å². The maximum atomic E-state index is 6.62. The molecule has 0 unspecified atom stereocenters. The number of hydrogen-bond acceptors (Lipinski definition) is 2. The lowest BCUT2D eigenvalue weighted by Gasteiger charge is -2.25. The van der Waals surface area contributed by atoms with Crippen LogP contribution in [-0.2, 0) is 12.8 Å². The third kappa shape index (κ3) is 3.59. The van der Waals surface area contributed by atoms with Crippen molar-refractivity contribution >= 4 is 10.8 Å². The predicted molar refractivity (Wildman–Crippen MR) is 128 cm³/mol. The van der Waals surface area contributed by atoms with E-state index in [1.54, 1.807) is 0 Å². The Kier molecular flexibility index (Phi) is 4.99. The second-order valence-electron chi connectivity index (χ2n) is 8.33. The fraction of sp³-hybridized carbons (Fsp3) is 0.172. The fourth-order valence-electron chi connectivity index (χ4n) is 4.30. The lowest BCUT2D eigenvalue weighted by molar-refractivity contribution is 0.464. The van der Waals surface area contributed by atoms with E-state index in [9.17, 15) is 0 Å². The Hall–Kier alpha value is -3.52. The smallest absolute Gasteiger partial charge is 0.139 e. The molecule has 0 saturated carbocycles. The van der Waals surface area contributed by atoms with Gasteiger partial charge < -0.3 is 9.47 Å². The van der Waals surface area contributed by atoms with Gasteiger partial charge in [-0.1, -0.05) is 72.3 Å². The van der Waals surface area contributed by atoms with Crippen molar-refractivity contribution in [1.29, 1.82) is 0 Å². The first-order chi connectivity index (χ1) is 15.1. The van der Waals surface area contributed by atoms with Gasteiger partial charge in [0.2, 0.25) is 0 Å². The quantitative estimate of drug-likeness (QED) is 0.319. The zero-order chi connectivity index (χ0) is 21.4. The normalized spacial score (nSPS) is 12.9. The van der Waals surface area contributed by atoms with Crippen molar-refractivity contribution in [2.24, 2.45) is 0 Å². The fourth-order valence-corrected chi connectivity index (χ4v) is 4.30. The molecule has 5 rings (SSSR count). The molecule has 0 aromatic heterocycles. The number of benzene rings is 4. The average Bonchev–Trinajstić information content (AvgIpc) is 2.78. The van der Waals surface area contributed by atoms with Gasteiger partial charge >= 0.3 is 0 Å². The van der Waals surface area contributed by atoms with Crippen LogP contribution >= 0.6 is 0 Å². The summed E-state index contributed by atoms with van der Waals surface area (Å²) in [6.07, 6.45) is 4.02. The molecular formula is C29H26O2. The Morgan fingerprint density at radius 3 is 1.61 bits per heavy atom. The Balaban J connectivity index is 1.75.